The van der Waals surface area contributed by atoms with Crippen molar-refractivity contribution < 1.29 is 4.79 Å². The lowest BCUT2D eigenvalue weighted by Crippen LogP contribution is -2.62. The maximum Gasteiger partial charge on any atom is 0.255 e. The third kappa shape index (κ3) is 4.54. The van der Waals surface area contributed by atoms with Gasteiger partial charge in [-0.3, -0.25) is 4.79 Å². The topological polar surface area (TPSA) is 85.2 Å². The van der Waals surface area contributed by atoms with Crippen LogP contribution in [0.5, 0.6) is 0 Å². The molecule has 37 heavy (non-hydrogen) atoms. The number of pyridine rings is 1. The molecule has 0 saturated carbocycles. The number of carbonyl (C=O) groups excluding carboxylic acids is 1. The maximum absolute atomic E-state index is 13.2. The van der Waals surface area contributed by atoms with Gasteiger partial charge in [0, 0.05) is 56.5 Å². The fourth-order valence-corrected chi connectivity index (χ4v) is 6.26. The number of fused-ring (bicyclic) bond motifs is 1. The van der Waals surface area contributed by atoms with Crippen LogP contribution in [0.25, 0.3) is 11.0 Å². The number of anilines is 1. The van der Waals surface area contributed by atoms with Crippen LogP contribution in [-0.2, 0) is 12.1 Å². The molecule has 2 fully saturated rings. The quantitative estimate of drug-likeness (QED) is 0.565. The van der Waals surface area contributed by atoms with Gasteiger partial charge in [0.15, 0.2) is 5.82 Å². The summed E-state index contributed by atoms with van der Waals surface area (Å²) < 4.78 is 4.36. The number of aryl methyl sites for hydroxylation is 1. The van der Waals surface area contributed by atoms with Crippen LogP contribution < -0.4 is 5.73 Å². The van der Waals surface area contributed by atoms with Crippen molar-refractivity contribution in [3.8, 4) is 0 Å². The van der Waals surface area contributed by atoms with Gasteiger partial charge in [-0.1, -0.05) is 12.2 Å². The van der Waals surface area contributed by atoms with Gasteiger partial charge >= 0.3 is 0 Å². The number of amides is 1. The van der Waals surface area contributed by atoms with Gasteiger partial charge in [-0.25, -0.2) is 9.97 Å². The van der Waals surface area contributed by atoms with Crippen LogP contribution >= 0.6 is 0 Å². The molecular weight excluding hydrogens is 462 g/mol. The van der Waals surface area contributed by atoms with Crippen molar-refractivity contribution >= 4 is 22.8 Å². The van der Waals surface area contributed by atoms with Crippen LogP contribution in [0.3, 0.4) is 0 Å². The van der Waals surface area contributed by atoms with E-state index in [0.717, 1.165) is 41.9 Å². The van der Waals surface area contributed by atoms with E-state index in [0.29, 0.717) is 24.8 Å². The lowest BCUT2D eigenvalue weighted by Gasteiger charge is -2.48. The average molecular weight is 500 g/mol. The van der Waals surface area contributed by atoms with E-state index in [1.54, 1.807) is 0 Å². The van der Waals surface area contributed by atoms with E-state index in [-0.39, 0.29) is 11.4 Å². The predicted octanol–water partition coefficient (Wildman–Crippen LogP) is 4.33. The highest BCUT2D eigenvalue weighted by atomic mass is 16.2. The number of allylic oxidation sites excluding steroid dienone is 4. The smallest absolute Gasteiger partial charge is 0.255 e. The molecule has 0 aromatic carbocycles. The highest BCUT2D eigenvalue weighted by Crippen LogP contribution is 2.34. The SMILES string of the molecule is Cc1cc2c(ncn2C2(C)CN(C(=O)c3ccn(CC4CCN(C5=CC=CCCC5)CC4)c3)C2)c(N)n1. The Morgan fingerprint density at radius 2 is 2.05 bits per heavy atom. The summed E-state index contributed by atoms with van der Waals surface area (Å²) in [4.78, 5) is 26.6. The highest BCUT2D eigenvalue weighted by molar-refractivity contribution is 5.95. The van der Waals surface area contributed by atoms with Crippen molar-refractivity contribution in [3.63, 3.8) is 0 Å². The Hall–Kier alpha value is -3.55. The number of aromatic nitrogens is 4. The van der Waals surface area contributed by atoms with Crippen molar-refractivity contribution in [1.29, 1.82) is 0 Å². The monoisotopic (exact) mass is 499 g/mol. The van der Waals surface area contributed by atoms with Gasteiger partial charge in [-0.15, -0.1) is 0 Å². The molecule has 3 aromatic heterocycles. The average Bonchev–Trinajstić information content (AvgIpc) is 3.42. The molecule has 0 spiro atoms. The van der Waals surface area contributed by atoms with Gasteiger partial charge in [0.25, 0.3) is 5.91 Å². The molecule has 8 nitrogen and oxygen atoms in total. The molecular formula is C29H37N7O. The van der Waals surface area contributed by atoms with Gasteiger partial charge in [0.2, 0.25) is 0 Å². The zero-order valence-electron chi connectivity index (χ0n) is 21.9. The van der Waals surface area contributed by atoms with Crippen molar-refractivity contribution in [3.05, 3.63) is 66.0 Å². The minimum atomic E-state index is -0.205. The second-order valence-corrected chi connectivity index (χ2v) is 11.3. The Kier molecular flexibility index (Phi) is 6.05. The second-order valence-electron chi connectivity index (χ2n) is 11.3. The van der Waals surface area contributed by atoms with E-state index < -0.39 is 0 Å². The van der Waals surface area contributed by atoms with Gasteiger partial charge in [0.1, 0.15) is 5.52 Å². The Balaban J connectivity index is 1.05. The number of nitrogen functional groups attached to an aromatic ring is 1. The molecule has 0 bridgehead atoms. The Morgan fingerprint density at radius 3 is 2.86 bits per heavy atom. The molecule has 8 heteroatoms. The van der Waals surface area contributed by atoms with Crippen molar-refractivity contribution in [2.45, 2.75) is 58.0 Å². The van der Waals surface area contributed by atoms with Crippen LogP contribution in [-0.4, -0.2) is 61.0 Å². The summed E-state index contributed by atoms with van der Waals surface area (Å²) in [6.07, 6.45) is 18.8. The number of likely N-dealkylation sites (tertiary alicyclic amines) is 2. The Bertz CT molecular complexity index is 1370. The summed E-state index contributed by atoms with van der Waals surface area (Å²) in [5.41, 5.74) is 10.7. The van der Waals surface area contributed by atoms with Crippen LogP contribution in [0, 0.1) is 12.8 Å². The molecule has 194 valence electrons. The number of nitrogens with zero attached hydrogens (tertiary/aromatic N) is 6. The molecule has 2 aliphatic heterocycles. The highest BCUT2D eigenvalue weighted by Gasteiger charge is 2.44. The van der Waals surface area contributed by atoms with Gasteiger partial charge in [0.05, 0.1) is 22.9 Å². The number of hydrogen-bond donors (Lipinski definition) is 1. The van der Waals surface area contributed by atoms with E-state index in [1.807, 2.05) is 36.5 Å². The molecule has 2 saturated heterocycles. The van der Waals surface area contributed by atoms with Crippen LogP contribution in [0.1, 0.15) is 55.1 Å². The lowest BCUT2D eigenvalue weighted by atomic mass is 9.91. The number of rotatable bonds is 5. The molecule has 6 rings (SSSR count). The molecule has 3 aliphatic rings. The summed E-state index contributed by atoms with van der Waals surface area (Å²) in [5.74, 6) is 1.21. The number of hydrogen-bond acceptors (Lipinski definition) is 5. The molecule has 0 radical (unpaired) electrons. The molecule has 1 aliphatic carbocycles. The van der Waals surface area contributed by atoms with E-state index in [1.165, 1.54) is 37.8 Å². The van der Waals surface area contributed by atoms with Crippen molar-refractivity contribution in [2.75, 3.05) is 31.9 Å². The zero-order valence-corrected chi connectivity index (χ0v) is 21.9. The first-order chi connectivity index (χ1) is 17.9. The minimum Gasteiger partial charge on any atom is -0.382 e. The molecule has 0 atom stereocenters. The number of imidazole rings is 1. The second kappa shape index (κ2) is 9.39. The van der Waals surface area contributed by atoms with Gasteiger partial charge in [-0.2, -0.15) is 0 Å². The fourth-order valence-electron chi connectivity index (χ4n) is 6.26. The summed E-state index contributed by atoms with van der Waals surface area (Å²) >= 11 is 0. The summed E-state index contributed by atoms with van der Waals surface area (Å²) in [6, 6.07) is 3.99. The molecule has 1 amide bonds. The van der Waals surface area contributed by atoms with Crippen LogP contribution in [0.15, 0.2) is 54.8 Å². The first-order valence-corrected chi connectivity index (χ1v) is 13.6. The third-order valence-corrected chi connectivity index (χ3v) is 8.34. The Labute approximate surface area is 218 Å². The third-order valence-electron chi connectivity index (χ3n) is 8.34. The van der Waals surface area contributed by atoms with E-state index in [4.69, 9.17) is 5.73 Å². The van der Waals surface area contributed by atoms with E-state index in [9.17, 15) is 4.79 Å². The zero-order chi connectivity index (χ0) is 25.6. The molecule has 3 aromatic rings. The standard InChI is InChI=1S/C29H37N7O/c1-21-15-25-26(27(30)32-21)31-20-36(25)29(2)18-35(19-29)28(37)23-11-12-33(17-23)16-22-9-13-34(14-10-22)24-7-5-3-4-6-8-24/h3,5,7,11-12,15,17,20,22H,4,6,8-10,13-14,16,18-19H2,1-2H3,(H2,30,32). The van der Waals surface area contributed by atoms with Gasteiger partial charge < -0.3 is 24.7 Å². The van der Waals surface area contributed by atoms with E-state index in [2.05, 4.69) is 55.4 Å². The summed E-state index contributed by atoms with van der Waals surface area (Å²) in [7, 11) is 0. The summed E-state index contributed by atoms with van der Waals surface area (Å²) in [6.45, 7) is 8.64. The maximum atomic E-state index is 13.2. The molecule has 2 N–H and O–H groups in total. The van der Waals surface area contributed by atoms with Gasteiger partial charge in [-0.05, 0) is 70.1 Å². The van der Waals surface area contributed by atoms with Crippen LogP contribution in [0.2, 0.25) is 0 Å². The van der Waals surface area contributed by atoms with Crippen molar-refractivity contribution in [2.24, 2.45) is 5.92 Å². The normalized spacial score (nSPS) is 20.1. The minimum absolute atomic E-state index is 0.0983. The predicted molar refractivity (Wildman–Crippen MR) is 146 cm³/mol. The lowest BCUT2D eigenvalue weighted by molar-refractivity contribution is 0.0223. The number of nitrogens with two attached hydrogens (primary N) is 1. The van der Waals surface area contributed by atoms with Crippen LogP contribution in [0.4, 0.5) is 5.82 Å². The largest absolute Gasteiger partial charge is 0.382 e. The Morgan fingerprint density at radius 1 is 1.24 bits per heavy atom. The number of carbonyl (C=O) groups is 1. The van der Waals surface area contributed by atoms with E-state index >= 15 is 0 Å². The molecule has 0 unspecified atom stereocenters. The summed E-state index contributed by atoms with van der Waals surface area (Å²) in [5, 5.41) is 0. The fraction of sp³-hybridized carbons (Fsp3) is 0.483. The first kappa shape index (κ1) is 23.8. The molecule has 5 heterocycles. The number of piperidine rings is 1. The van der Waals surface area contributed by atoms with Crippen molar-refractivity contribution in [1.82, 2.24) is 28.9 Å². The first-order valence-electron chi connectivity index (χ1n) is 13.6.